The van der Waals surface area contributed by atoms with E-state index in [2.05, 4.69) is 0 Å². The van der Waals surface area contributed by atoms with Crippen molar-refractivity contribution < 1.29 is 45.8 Å². The average Bonchev–Trinajstić information content (AvgIpc) is 2.23. The van der Waals surface area contributed by atoms with Crippen molar-refractivity contribution in [2.45, 2.75) is 0 Å². The maximum absolute atomic E-state index is 10.6. The number of carbonyl (C=O) groups is 3. The van der Waals surface area contributed by atoms with Crippen LogP contribution in [0.4, 0.5) is 0 Å². The Hall–Kier alpha value is 4.21. The summed E-state index contributed by atoms with van der Waals surface area (Å²) in [6.07, 6.45) is 0. The monoisotopic (exact) mass is 458 g/mol. The van der Waals surface area contributed by atoms with Gasteiger partial charge in [0, 0.05) is 19.6 Å². The number of hydrogen-bond donors (Lipinski definition) is 4. The fourth-order valence-electron chi connectivity index (χ4n) is 1.48. The van der Waals surface area contributed by atoms with Gasteiger partial charge in [0.2, 0.25) is 0 Å². The number of aliphatic carboxylic acids is 3. The van der Waals surface area contributed by atoms with Gasteiger partial charge in [0.1, 0.15) is 0 Å². The van der Waals surface area contributed by atoms with Crippen LogP contribution in [0.1, 0.15) is 0 Å². The van der Waals surface area contributed by atoms with Crippen LogP contribution < -0.4 is 0 Å². The Balaban J connectivity index is -0.0000000579. The summed E-state index contributed by atoms with van der Waals surface area (Å²) in [5, 5.41) is 34.7. The summed E-state index contributed by atoms with van der Waals surface area (Å²) in [5.41, 5.74) is 0. The van der Waals surface area contributed by atoms with Gasteiger partial charge in [-0.25, -0.2) is 0 Å². The summed E-state index contributed by atoms with van der Waals surface area (Å²) >= 11 is 0. The Labute approximate surface area is 291 Å². The quantitative estimate of drug-likeness (QED) is 0.217. The van der Waals surface area contributed by atoms with Gasteiger partial charge >= 0.3 is 195 Å². The van der Waals surface area contributed by atoms with Gasteiger partial charge in [0.25, 0.3) is 0 Å². The van der Waals surface area contributed by atoms with Crippen LogP contribution in [0.25, 0.3) is 0 Å². The molecule has 0 aliphatic carbocycles. The molecule has 27 heavy (non-hydrogen) atoms. The van der Waals surface area contributed by atoms with Crippen LogP contribution in [-0.2, 0) is 14.4 Å². The van der Waals surface area contributed by atoms with Gasteiger partial charge in [0.05, 0.1) is 26.2 Å². The Morgan fingerprint density at radius 1 is 0.556 bits per heavy atom. The van der Waals surface area contributed by atoms with Crippen molar-refractivity contribution in [1.82, 2.24) is 9.80 Å². The zero-order valence-electron chi connectivity index (χ0n) is 11.4. The predicted molar refractivity (Wildman–Crippen MR) is 113 cm³/mol. The van der Waals surface area contributed by atoms with E-state index >= 15 is 0 Å². The first-order valence-electron chi connectivity index (χ1n) is 5.56. The molecule has 0 aromatic heterocycles. The van der Waals surface area contributed by atoms with Crippen LogP contribution >= 0.6 is 0 Å². The normalized spacial score (nSPS) is 7.67. The molecule has 0 atom stereocenters. The second-order valence-corrected chi connectivity index (χ2v) is 3.89. The van der Waals surface area contributed by atoms with E-state index in [1.54, 1.807) is 0 Å². The molecular formula is C10H28N2Na6O9. The summed E-state index contributed by atoms with van der Waals surface area (Å²) in [6, 6.07) is 0. The first-order chi connectivity index (χ1) is 8.85. The molecule has 17 heteroatoms. The van der Waals surface area contributed by atoms with Gasteiger partial charge in [-0.15, -0.1) is 0 Å². The third-order valence-corrected chi connectivity index (χ3v) is 2.23. The van der Waals surface area contributed by atoms with Gasteiger partial charge in [-0.2, -0.15) is 0 Å². The molecule has 0 rings (SSSR count). The molecule has 8 N–H and O–H groups in total. The minimum absolute atomic E-state index is 0. The number of hydrogen-bond acceptors (Lipinski definition) is 6. The minimum atomic E-state index is -1.16. The number of nitrogens with zero attached hydrogens (tertiary/aromatic N) is 2. The second kappa shape index (κ2) is 37.5. The first kappa shape index (κ1) is 57.7. The Kier molecular flexibility index (Phi) is 80.2. The van der Waals surface area contributed by atoms with E-state index in [1.165, 1.54) is 9.80 Å². The molecule has 0 saturated heterocycles. The molecule has 0 amide bonds. The molecule has 0 bridgehead atoms. The fraction of sp³-hybridized carbons (Fsp3) is 0.700. The zero-order valence-corrected chi connectivity index (χ0v) is 11.4. The molecule has 0 aromatic carbocycles. The molecule has 0 aliphatic heterocycles. The third-order valence-electron chi connectivity index (χ3n) is 2.23. The van der Waals surface area contributed by atoms with Crippen molar-refractivity contribution in [3.8, 4) is 0 Å². The van der Waals surface area contributed by atoms with Gasteiger partial charge in [-0.3, -0.25) is 24.2 Å². The Bertz CT molecular complexity index is 328. The SMILES string of the molecule is O.O.O=C(O)CN(CCO)CCN(CC(=O)O)CC(=O)O.[NaH].[NaH].[NaH].[NaH].[NaH].[NaH]. The van der Waals surface area contributed by atoms with E-state index in [-0.39, 0.29) is 221 Å². The summed E-state index contributed by atoms with van der Waals surface area (Å²) in [7, 11) is 0. The molecule has 0 radical (unpaired) electrons. The van der Waals surface area contributed by atoms with E-state index in [4.69, 9.17) is 20.4 Å². The van der Waals surface area contributed by atoms with E-state index in [0.29, 0.717) is 0 Å². The van der Waals surface area contributed by atoms with Crippen LogP contribution in [0.3, 0.4) is 0 Å². The Morgan fingerprint density at radius 3 is 1.07 bits per heavy atom. The molecule has 0 spiro atoms. The summed E-state index contributed by atoms with van der Waals surface area (Å²) < 4.78 is 0. The van der Waals surface area contributed by atoms with Gasteiger partial charge in [0.15, 0.2) is 0 Å². The average molecular weight is 458 g/mol. The fourth-order valence-corrected chi connectivity index (χ4v) is 1.48. The predicted octanol–water partition coefficient (Wildman–Crippen LogP) is -7.70. The van der Waals surface area contributed by atoms with Gasteiger partial charge in [-0.1, -0.05) is 0 Å². The van der Waals surface area contributed by atoms with Crippen molar-refractivity contribution in [2.24, 2.45) is 0 Å². The topological polar surface area (TPSA) is 202 Å². The first-order valence-corrected chi connectivity index (χ1v) is 5.56. The van der Waals surface area contributed by atoms with E-state index in [9.17, 15) is 14.4 Å². The molecule has 0 fully saturated rings. The van der Waals surface area contributed by atoms with Crippen molar-refractivity contribution >= 4 is 195 Å². The van der Waals surface area contributed by atoms with Gasteiger partial charge in [-0.05, 0) is 0 Å². The maximum atomic E-state index is 10.6. The molecule has 0 aliphatic rings. The molecule has 0 aromatic rings. The van der Waals surface area contributed by atoms with E-state index in [1.807, 2.05) is 0 Å². The van der Waals surface area contributed by atoms with Crippen LogP contribution in [0, 0.1) is 0 Å². The number of carboxylic acids is 3. The molecule has 11 nitrogen and oxygen atoms in total. The van der Waals surface area contributed by atoms with Crippen LogP contribution in [0.15, 0.2) is 0 Å². The molecule has 0 heterocycles. The van der Waals surface area contributed by atoms with Crippen molar-refractivity contribution in [1.29, 1.82) is 0 Å². The number of rotatable bonds is 11. The van der Waals surface area contributed by atoms with Gasteiger partial charge < -0.3 is 31.4 Å². The number of carboxylic acid groups (broad SMARTS) is 3. The zero-order chi connectivity index (χ0) is 14.8. The van der Waals surface area contributed by atoms with Crippen LogP contribution in [-0.4, -0.2) is 282 Å². The molecule has 0 unspecified atom stereocenters. The standard InChI is InChI=1S/C10H18N2O7.6Na.2H2O.6H/c13-4-3-11(5-8(14)15)1-2-12(6-9(16)17)7-10(18)19;;;;;;;;;;;;;;/h13H,1-7H2,(H,14,15)(H,16,17)(H,18,19);;;;;;;2*1H2;;;;;;. The van der Waals surface area contributed by atoms with E-state index in [0.717, 1.165) is 0 Å². The number of aliphatic hydroxyl groups excluding tert-OH is 1. The molecule has 0 saturated carbocycles. The second-order valence-electron chi connectivity index (χ2n) is 3.89. The molecule has 138 valence electrons. The van der Waals surface area contributed by atoms with Crippen LogP contribution in [0.5, 0.6) is 0 Å². The van der Waals surface area contributed by atoms with Crippen molar-refractivity contribution in [3.05, 3.63) is 0 Å². The van der Waals surface area contributed by atoms with Crippen LogP contribution in [0.2, 0.25) is 0 Å². The summed E-state index contributed by atoms with van der Waals surface area (Å²) in [5.74, 6) is -3.39. The van der Waals surface area contributed by atoms with Crippen molar-refractivity contribution in [2.75, 3.05) is 45.9 Å². The summed E-state index contributed by atoms with van der Waals surface area (Å²) in [6.45, 7) is -1.03. The third kappa shape index (κ3) is 41.0. The molecular weight excluding hydrogens is 430 g/mol. The Morgan fingerprint density at radius 2 is 0.815 bits per heavy atom. The van der Waals surface area contributed by atoms with E-state index < -0.39 is 31.0 Å². The number of aliphatic hydroxyl groups is 1. The van der Waals surface area contributed by atoms with Crippen molar-refractivity contribution in [3.63, 3.8) is 0 Å². The summed E-state index contributed by atoms with van der Waals surface area (Å²) in [4.78, 5) is 34.3.